The lowest BCUT2D eigenvalue weighted by molar-refractivity contribution is 0.574. The molecule has 0 aliphatic carbocycles. The predicted molar refractivity (Wildman–Crippen MR) is 104 cm³/mol. The molecule has 0 fully saturated rings. The first kappa shape index (κ1) is 19.5. The zero-order valence-electron chi connectivity index (χ0n) is 14.6. The highest BCUT2D eigenvalue weighted by Crippen LogP contribution is 2.17. The summed E-state index contributed by atoms with van der Waals surface area (Å²) in [6, 6.07) is 11.9. The molecule has 1 aromatic heterocycles. The van der Waals surface area contributed by atoms with Gasteiger partial charge in [-0.1, -0.05) is 18.2 Å². The molecule has 3 aromatic rings. The Morgan fingerprint density at radius 2 is 1.74 bits per heavy atom. The highest BCUT2D eigenvalue weighted by molar-refractivity contribution is 9.10. The molecule has 27 heavy (non-hydrogen) atoms. The SMILES string of the molecule is Cc1c(Br)c(=O)n(-c2ccc(S(=O)(=O)NCc3ccccc3F)cc2)n1C. The second-order valence-electron chi connectivity index (χ2n) is 5.95. The highest BCUT2D eigenvalue weighted by Gasteiger charge is 2.17. The monoisotopic (exact) mass is 453 g/mol. The molecule has 0 aliphatic heterocycles. The van der Waals surface area contributed by atoms with E-state index in [1.54, 1.807) is 36.9 Å². The van der Waals surface area contributed by atoms with E-state index in [4.69, 9.17) is 0 Å². The van der Waals surface area contributed by atoms with Crippen LogP contribution in [0.5, 0.6) is 0 Å². The second-order valence-corrected chi connectivity index (χ2v) is 8.51. The van der Waals surface area contributed by atoms with Gasteiger partial charge < -0.3 is 0 Å². The van der Waals surface area contributed by atoms with Gasteiger partial charge in [0.2, 0.25) is 10.0 Å². The van der Waals surface area contributed by atoms with Crippen molar-refractivity contribution in [1.82, 2.24) is 14.1 Å². The number of hydrogen-bond donors (Lipinski definition) is 1. The molecule has 0 spiro atoms. The number of rotatable bonds is 5. The molecule has 0 amide bonds. The Hall–Kier alpha value is -2.23. The van der Waals surface area contributed by atoms with E-state index in [1.165, 1.54) is 35.0 Å². The Morgan fingerprint density at radius 3 is 2.30 bits per heavy atom. The van der Waals surface area contributed by atoms with Crippen LogP contribution in [-0.4, -0.2) is 17.8 Å². The van der Waals surface area contributed by atoms with Crippen LogP contribution in [0.2, 0.25) is 0 Å². The summed E-state index contributed by atoms with van der Waals surface area (Å²) in [5.74, 6) is -0.473. The van der Waals surface area contributed by atoms with Crippen molar-refractivity contribution in [2.45, 2.75) is 18.4 Å². The third kappa shape index (κ3) is 3.76. The van der Waals surface area contributed by atoms with Crippen molar-refractivity contribution < 1.29 is 12.8 Å². The van der Waals surface area contributed by atoms with Crippen LogP contribution >= 0.6 is 15.9 Å². The molecule has 0 saturated carbocycles. The van der Waals surface area contributed by atoms with Gasteiger partial charge in [0.1, 0.15) is 10.3 Å². The molecule has 1 N–H and O–H groups in total. The van der Waals surface area contributed by atoms with Crippen LogP contribution in [0.3, 0.4) is 0 Å². The number of nitrogens with one attached hydrogen (secondary N) is 1. The largest absolute Gasteiger partial charge is 0.285 e. The van der Waals surface area contributed by atoms with Crippen LogP contribution in [0.4, 0.5) is 4.39 Å². The van der Waals surface area contributed by atoms with Crippen LogP contribution in [-0.2, 0) is 23.6 Å². The molecular weight excluding hydrogens is 437 g/mol. The molecule has 3 rings (SSSR count). The molecule has 0 unspecified atom stereocenters. The fourth-order valence-corrected chi connectivity index (χ4v) is 4.06. The number of sulfonamides is 1. The minimum Gasteiger partial charge on any atom is -0.284 e. The first-order valence-corrected chi connectivity index (χ1v) is 10.3. The van der Waals surface area contributed by atoms with Crippen LogP contribution in [0.15, 0.2) is 62.7 Å². The Balaban J connectivity index is 1.86. The van der Waals surface area contributed by atoms with Gasteiger partial charge >= 0.3 is 0 Å². The van der Waals surface area contributed by atoms with E-state index in [0.29, 0.717) is 10.2 Å². The van der Waals surface area contributed by atoms with E-state index in [-0.39, 0.29) is 22.6 Å². The van der Waals surface area contributed by atoms with Crippen molar-refractivity contribution in [3.8, 4) is 5.69 Å². The minimum atomic E-state index is -3.82. The Bertz CT molecular complexity index is 1150. The van der Waals surface area contributed by atoms with Crippen molar-refractivity contribution in [2.24, 2.45) is 7.05 Å². The Morgan fingerprint density at radius 1 is 1.11 bits per heavy atom. The molecule has 6 nitrogen and oxygen atoms in total. The van der Waals surface area contributed by atoms with E-state index >= 15 is 0 Å². The first-order valence-electron chi connectivity index (χ1n) is 8.00. The summed E-state index contributed by atoms with van der Waals surface area (Å²) in [6.45, 7) is 1.65. The van der Waals surface area contributed by atoms with E-state index < -0.39 is 15.8 Å². The van der Waals surface area contributed by atoms with Gasteiger partial charge in [0.15, 0.2) is 0 Å². The summed E-state index contributed by atoms with van der Waals surface area (Å²) >= 11 is 3.25. The zero-order valence-corrected chi connectivity index (χ0v) is 17.0. The molecule has 0 aliphatic rings. The highest BCUT2D eigenvalue weighted by atomic mass is 79.9. The third-order valence-corrected chi connectivity index (χ3v) is 6.62. The summed E-state index contributed by atoms with van der Waals surface area (Å²) in [6.07, 6.45) is 0. The third-order valence-electron chi connectivity index (χ3n) is 4.29. The maximum Gasteiger partial charge on any atom is 0.285 e. The van der Waals surface area contributed by atoms with Crippen molar-refractivity contribution in [3.63, 3.8) is 0 Å². The fourth-order valence-electron chi connectivity index (χ4n) is 2.63. The first-order chi connectivity index (χ1) is 12.7. The topological polar surface area (TPSA) is 73.1 Å². The maximum absolute atomic E-state index is 13.6. The summed E-state index contributed by atoms with van der Waals surface area (Å²) < 4.78 is 44.5. The quantitative estimate of drug-likeness (QED) is 0.645. The van der Waals surface area contributed by atoms with Gasteiger partial charge in [-0.2, -0.15) is 0 Å². The van der Waals surface area contributed by atoms with E-state index in [2.05, 4.69) is 20.7 Å². The molecule has 0 bridgehead atoms. The fraction of sp³-hybridized carbons (Fsp3) is 0.167. The van der Waals surface area contributed by atoms with Gasteiger partial charge in [0.05, 0.1) is 16.3 Å². The second kappa shape index (κ2) is 7.41. The number of hydrogen-bond acceptors (Lipinski definition) is 3. The van der Waals surface area contributed by atoms with Gasteiger partial charge in [-0.3, -0.25) is 9.48 Å². The van der Waals surface area contributed by atoms with Gasteiger partial charge in [-0.05, 0) is 53.2 Å². The van der Waals surface area contributed by atoms with E-state index in [0.717, 1.165) is 5.69 Å². The molecule has 1 heterocycles. The lowest BCUT2D eigenvalue weighted by Gasteiger charge is -2.10. The lowest BCUT2D eigenvalue weighted by Crippen LogP contribution is -2.24. The summed E-state index contributed by atoms with van der Waals surface area (Å²) in [5, 5.41) is 0. The van der Waals surface area contributed by atoms with Crippen LogP contribution < -0.4 is 10.3 Å². The summed E-state index contributed by atoms with van der Waals surface area (Å²) in [5.41, 5.74) is 1.31. The van der Waals surface area contributed by atoms with Gasteiger partial charge in [-0.25, -0.2) is 22.2 Å². The zero-order chi connectivity index (χ0) is 19.8. The molecule has 0 radical (unpaired) electrons. The number of halogens is 2. The van der Waals surface area contributed by atoms with E-state index in [1.807, 2.05) is 0 Å². The standard InChI is InChI=1S/C18H17BrFN3O3S/c1-12-17(19)18(24)23(22(12)2)14-7-9-15(10-8-14)27(25,26)21-11-13-5-3-4-6-16(13)20/h3-10,21H,11H2,1-2H3. The lowest BCUT2D eigenvalue weighted by atomic mass is 10.2. The van der Waals surface area contributed by atoms with Crippen LogP contribution in [0.1, 0.15) is 11.3 Å². The molecule has 0 atom stereocenters. The normalized spacial score (nSPS) is 11.7. The van der Waals surface area contributed by atoms with Crippen molar-refractivity contribution in [1.29, 1.82) is 0 Å². The molecular formula is C18H17BrFN3O3S. The summed E-state index contributed by atoms with van der Waals surface area (Å²) in [7, 11) is -2.08. The Labute approximate surface area is 164 Å². The Kier molecular flexibility index (Phi) is 5.36. The predicted octanol–water partition coefficient (Wildman–Crippen LogP) is 2.86. The van der Waals surface area contributed by atoms with Crippen molar-refractivity contribution in [2.75, 3.05) is 0 Å². The van der Waals surface area contributed by atoms with Gasteiger partial charge in [0.25, 0.3) is 5.56 Å². The number of aromatic nitrogens is 2. The average molecular weight is 454 g/mol. The van der Waals surface area contributed by atoms with E-state index in [9.17, 15) is 17.6 Å². The summed E-state index contributed by atoms with van der Waals surface area (Å²) in [4.78, 5) is 12.3. The van der Waals surface area contributed by atoms with Crippen molar-refractivity contribution in [3.05, 3.63) is 80.4 Å². The molecule has 2 aromatic carbocycles. The maximum atomic E-state index is 13.6. The number of benzene rings is 2. The molecule has 0 saturated heterocycles. The molecule has 9 heteroatoms. The van der Waals surface area contributed by atoms with Crippen molar-refractivity contribution >= 4 is 26.0 Å². The number of nitrogens with zero attached hydrogens (tertiary/aromatic N) is 2. The minimum absolute atomic E-state index is 0.0284. The van der Waals surface area contributed by atoms with Crippen LogP contribution in [0, 0.1) is 12.7 Å². The van der Waals surface area contributed by atoms with Gasteiger partial charge in [-0.15, -0.1) is 0 Å². The van der Waals surface area contributed by atoms with Gasteiger partial charge in [0, 0.05) is 19.2 Å². The molecule has 142 valence electrons. The smallest absolute Gasteiger partial charge is 0.284 e. The average Bonchev–Trinajstić information content (AvgIpc) is 2.84. The van der Waals surface area contributed by atoms with Crippen LogP contribution in [0.25, 0.3) is 5.69 Å².